The zero-order chi connectivity index (χ0) is 10.2. The lowest BCUT2D eigenvalue weighted by Crippen LogP contribution is -2.41. The van der Waals surface area contributed by atoms with E-state index in [2.05, 4.69) is 39.5 Å². The lowest BCUT2D eigenvalue weighted by Gasteiger charge is -2.34. The Morgan fingerprint density at radius 2 is 2.29 bits per heavy atom. The van der Waals surface area contributed by atoms with Crippen molar-refractivity contribution < 1.29 is 0 Å². The van der Waals surface area contributed by atoms with Crippen LogP contribution in [0.1, 0.15) is 32.6 Å². The van der Waals surface area contributed by atoms with E-state index in [0.29, 0.717) is 0 Å². The van der Waals surface area contributed by atoms with Crippen molar-refractivity contribution in [3.8, 4) is 0 Å². The van der Waals surface area contributed by atoms with Crippen LogP contribution in [0, 0.1) is 0 Å². The quantitative estimate of drug-likeness (QED) is 0.542. The average molecular weight is 280 g/mol. The molecule has 0 bridgehead atoms. The highest BCUT2D eigenvalue weighted by molar-refractivity contribution is 9.09. The summed E-state index contributed by atoms with van der Waals surface area (Å²) in [6.07, 6.45) is 5.59. The van der Waals surface area contributed by atoms with Gasteiger partial charge >= 0.3 is 0 Å². The number of thioether (sulfide) groups is 1. The second-order valence-corrected chi connectivity index (χ2v) is 5.93. The summed E-state index contributed by atoms with van der Waals surface area (Å²) in [5, 5.41) is 1.16. The smallest absolute Gasteiger partial charge is 0.0192 e. The second kappa shape index (κ2) is 8.00. The van der Waals surface area contributed by atoms with Gasteiger partial charge in [-0.05, 0) is 43.9 Å². The summed E-state index contributed by atoms with van der Waals surface area (Å²) in [5.41, 5.74) is 0. The predicted molar refractivity (Wildman–Crippen MR) is 70.6 cm³/mol. The van der Waals surface area contributed by atoms with Crippen molar-refractivity contribution in [1.82, 2.24) is 4.90 Å². The number of piperidine rings is 1. The van der Waals surface area contributed by atoms with Gasteiger partial charge in [-0.15, -0.1) is 0 Å². The van der Waals surface area contributed by atoms with E-state index in [9.17, 15) is 0 Å². The fourth-order valence-electron chi connectivity index (χ4n) is 2.04. The molecule has 0 aliphatic carbocycles. The molecule has 0 radical (unpaired) electrons. The predicted octanol–water partition coefficient (Wildman–Crippen LogP) is 3.38. The van der Waals surface area contributed by atoms with Crippen LogP contribution in [0.25, 0.3) is 0 Å². The van der Waals surface area contributed by atoms with E-state index < -0.39 is 0 Å². The minimum Gasteiger partial charge on any atom is -0.300 e. The van der Waals surface area contributed by atoms with E-state index in [1.807, 2.05) is 0 Å². The molecule has 1 atom stereocenters. The molecule has 3 heteroatoms. The molecule has 14 heavy (non-hydrogen) atoms. The zero-order valence-electron chi connectivity index (χ0n) is 9.17. The molecule has 0 aromatic carbocycles. The Kier molecular flexibility index (Phi) is 7.35. The Balaban J connectivity index is 2.13. The van der Waals surface area contributed by atoms with E-state index in [1.54, 1.807) is 0 Å². The lowest BCUT2D eigenvalue weighted by atomic mass is 10.0. The first-order valence-electron chi connectivity index (χ1n) is 5.76. The van der Waals surface area contributed by atoms with Gasteiger partial charge < -0.3 is 0 Å². The minimum atomic E-state index is 0.815. The molecule has 0 aromatic heterocycles. The molecule has 0 saturated carbocycles. The third-order valence-electron chi connectivity index (χ3n) is 2.87. The fourth-order valence-corrected chi connectivity index (χ4v) is 3.40. The molecular formula is C11H22BrNS. The van der Waals surface area contributed by atoms with Crippen LogP contribution in [0.3, 0.4) is 0 Å². The molecule has 1 heterocycles. The maximum absolute atomic E-state index is 3.63. The molecule has 1 nitrogen and oxygen atoms in total. The van der Waals surface area contributed by atoms with Crippen molar-refractivity contribution >= 4 is 27.7 Å². The van der Waals surface area contributed by atoms with Crippen LogP contribution in [0.4, 0.5) is 0 Å². The first kappa shape index (κ1) is 12.9. The zero-order valence-corrected chi connectivity index (χ0v) is 11.6. The largest absolute Gasteiger partial charge is 0.300 e. The number of nitrogens with zero attached hydrogens (tertiary/aromatic N) is 1. The van der Waals surface area contributed by atoms with Crippen LogP contribution < -0.4 is 0 Å². The molecule has 0 spiro atoms. The van der Waals surface area contributed by atoms with Crippen molar-refractivity contribution in [3.05, 3.63) is 0 Å². The molecule has 1 fully saturated rings. The van der Waals surface area contributed by atoms with Gasteiger partial charge in [-0.25, -0.2) is 0 Å². The molecule has 0 amide bonds. The van der Waals surface area contributed by atoms with Crippen LogP contribution >= 0.6 is 27.7 Å². The second-order valence-electron chi connectivity index (χ2n) is 3.89. The van der Waals surface area contributed by atoms with Gasteiger partial charge in [0.05, 0.1) is 0 Å². The van der Waals surface area contributed by atoms with E-state index in [0.717, 1.165) is 11.4 Å². The summed E-state index contributed by atoms with van der Waals surface area (Å²) in [4.78, 5) is 2.68. The van der Waals surface area contributed by atoms with E-state index in [-0.39, 0.29) is 0 Å². The topological polar surface area (TPSA) is 3.24 Å². The lowest BCUT2D eigenvalue weighted by molar-refractivity contribution is 0.165. The maximum Gasteiger partial charge on any atom is 0.0192 e. The van der Waals surface area contributed by atoms with Gasteiger partial charge in [-0.2, -0.15) is 11.8 Å². The van der Waals surface area contributed by atoms with Gasteiger partial charge in [-0.1, -0.05) is 29.3 Å². The van der Waals surface area contributed by atoms with E-state index >= 15 is 0 Å². The average Bonchev–Trinajstić information content (AvgIpc) is 2.25. The van der Waals surface area contributed by atoms with Crippen LogP contribution in [-0.2, 0) is 0 Å². The standard InChI is InChI=1S/C11H22BrNS/c1-2-14-9-5-8-13-7-4-3-6-11(13)10-12/h11H,2-10H2,1H3. The number of hydrogen-bond acceptors (Lipinski definition) is 2. The van der Waals surface area contributed by atoms with Crippen molar-refractivity contribution in [2.45, 2.75) is 38.6 Å². The Bertz CT molecular complexity index is 143. The molecular weight excluding hydrogens is 258 g/mol. The van der Waals surface area contributed by atoms with Crippen molar-refractivity contribution in [1.29, 1.82) is 0 Å². The van der Waals surface area contributed by atoms with Gasteiger partial charge in [-0.3, -0.25) is 4.90 Å². The molecule has 1 rings (SSSR count). The summed E-state index contributed by atoms with van der Waals surface area (Å²) in [5.74, 6) is 2.60. The summed E-state index contributed by atoms with van der Waals surface area (Å²) in [7, 11) is 0. The fraction of sp³-hybridized carbons (Fsp3) is 1.00. The molecule has 84 valence electrons. The summed E-state index contributed by atoms with van der Waals surface area (Å²) in [6.45, 7) is 4.88. The Hall–Kier alpha value is 0.790. The van der Waals surface area contributed by atoms with Gasteiger partial charge in [0.1, 0.15) is 0 Å². The number of halogens is 1. The van der Waals surface area contributed by atoms with Crippen molar-refractivity contribution in [2.24, 2.45) is 0 Å². The molecule has 0 N–H and O–H groups in total. The highest BCUT2D eigenvalue weighted by atomic mass is 79.9. The third kappa shape index (κ3) is 4.54. The highest BCUT2D eigenvalue weighted by Crippen LogP contribution is 2.19. The van der Waals surface area contributed by atoms with Crippen LogP contribution in [-0.4, -0.2) is 40.9 Å². The molecule has 1 unspecified atom stereocenters. The van der Waals surface area contributed by atoms with Gasteiger partial charge in [0.15, 0.2) is 0 Å². The summed E-state index contributed by atoms with van der Waals surface area (Å²) < 4.78 is 0. The molecule has 1 aliphatic heterocycles. The summed E-state index contributed by atoms with van der Waals surface area (Å²) in [6, 6.07) is 0.815. The monoisotopic (exact) mass is 279 g/mol. The van der Waals surface area contributed by atoms with Crippen molar-refractivity contribution in [2.75, 3.05) is 29.9 Å². The highest BCUT2D eigenvalue weighted by Gasteiger charge is 2.20. The van der Waals surface area contributed by atoms with E-state index in [4.69, 9.17) is 0 Å². The number of hydrogen-bond donors (Lipinski definition) is 0. The summed E-state index contributed by atoms with van der Waals surface area (Å²) >= 11 is 5.69. The van der Waals surface area contributed by atoms with Gasteiger partial charge in [0.25, 0.3) is 0 Å². The van der Waals surface area contributed by atoms with Crippen LogP contribution in [0.15, 0.2) is 0 Å². The maximum atomic E-state index is 3.63. The molecule has 1 aliphatic rings. The SMILES string of the molecule is CCSCCCN1CCCCC1CBr. The molecule has 0 aromatic rings. The van der Waals surface area contributed by atoms with Gasteiger partial charge in [0.2, 0.25) is 0 Å². The number of likely N-dealkylation sites (tertiary alicyclic amines) is 1. The van der Waals surface area contributed by atoms with Crippen molar-refractivity contribution in [3.63, 3.8) is 0 Å². The minimum absolute atomic E-state index is 0.815. The Morgan fingerprint density at radius 3 is 3.00 bits per heavy atom. The number of alkyl halides is 1. The first-order valence-corrected chi connectivity index (χ1v) is 8.04. The van der Waals surface area contributed by atoms with Gasteiger partial charge in [0, 0.05) is 11.4 Å². The Labute approximate surface area is 101 Å². The molecule has 1 saturated heterocycles. The third-order valence-corrected chi connectivity index (χ3v) is 4.60. The van der Waals surface area contributed by atoms with Crippen LogP contribution in [0.5, 0.6) is 0 Å². The van der Waals surface area contributed by atoms with E-state index in [1.165, 1.54) is 50.3 Å². The number of rotatable bonds is 6. The Morgan fingerprint density at radius 1 is 1.43 bits per heavy atom. The van der Waals surface area contributed by atoms with Crippen LogP contribution in [0.2, 0.25) is 0 Å². The first-order chi connectivity index (χ1) is 6.88. The normalized spacial score (nSPS) is 24.0.